The van der Waals surface area contributed by atoms with Crippen LogP contribution in [0.2, 0.25) is 0 Å². The minimum Gasteiger partial charge on any atom is -0.462 e. The van der Waals surface area contributed by atoms with Gasteiger partial charge in [0.2, 0.25) is 5.91 Å². The molecule has 0 aliphatic heterocycles. The molecule has 4 nitrogen and oxygen atoms in total. The lowest BCUT2D eigenvalue weighted by atomic mass is 10.1. The van der Waals surface area contributed by atoms with Crippen molar-refractivity contribution >= 4 is 11.9 Å². The first-order chi connectivity index (χ1) is 7.47. The number of ether oxygens (including phenoxy) is 1. The van der Waals surface area contributed by atoms with E-state index in [1.54, 1.807) is 0 Å². The molecular formula is C12H21NO3. The summed E-state index contributed by atoms with van der Waals surface area (Å²) < 4.78 is 5.05. The molecule has 0 spiro atoms. The lowest BCUT2D eigenvalue weighted by molar-refractivity contribution is -0.140. The van der Waals surface area contributed by atoms with Crippen LogP contribution >= 0.6 is 0 Å². The molecule has 0 saturated heterocycles. The molecule has 1 amide bonds. The molecule has 0 rings (SSSR count). The molecular weight excluding hydrogens is 206 g/mol. The second-order valence-electron chi connectivity index (χ2n) is 4.17. The SMILES string of the molecule is CCCC/C(=C/C(N)=O)C(=O)OCC(C)C. The lowest BCUT2D eigenvalue weighted by Crippen LogP contribution is -2.15. The molecule has 0 saturated carbocycles. The molecule has 0 aromatic rings. The van der Waals surface area contributed by atoms with E-state index < -0.39 is 11.9 Å². The van der Waals surface area contributed by atoms with Crippen LogP contribution in [0.25, 0.3) is 0 Å². The van der Waals surface area contributed by atoms with Crippen molar-refractivity contribution in [3.63, 3.8) is 0 Å². The molecule has 0 bridgehead atoms. The summed E-state index contributed by atoms with van der Waals surface area (Å²) in [6.45, 7) is 6.29. The number of amides is 1. The van der Waals surface area contributed by atoms with E-state index in [1.807, 2.05) is 20.8 Å². The summed E-state index contributed by atoms with van der Waals surface area (Å²) in [6, 6.07) is 0. The summed E-state index contributed by atoms with van der Waals surface area (Å²) >= 11 is 0. The van der Waals surface area contributed by atoms with Crippen molar-refractivity contribution in [3.05, 3.63) is 11.6 Å². The van der Waals surface area contributed by atoms with Gasteiger partial charge in [0.15, 0.2) is 0 Å². The number of unbranched alkanes of at least 4 members (excludes halogenated alkanes) is 1. The van der Waals surface area contributed by atoms with Gasteiger partial charge in [-0.25, -0.2) is 4.79 Å². The smallest absolute Gasteiger partial charge is 0.334 e. The van der Waals surface area contributed by atoms with E-state index in [2.05, 4.69) is 0 Å². The van der Waals surface area contributed by atoms with Crippen LogP contribution in [0.3, 0.4) is 0 Å². The molecule has 4 heteroatoms. The molecule has 0 fully saturated rings. The molecule has 0 heterocycles. The van der Waals surface area contributed by atoms with Crippen molar-refractivity contribution in [1.29, 1.82) is 0 Å². The van der Waals surface area contributed by atoms with Crippen molar-refractivity contribution in [2.24, 2.45) is 11.7 Å². The van der Waals surface area contributed by atoms with E-state index in [4.69, 9.17) is 10.5 Å². The third kappa shape index (κ3) is 7.04. The van der Waals surface area contributed by atoms with Crippen molar-refractivity contribution in [2.75, 3.05) is 6.61 Å². The Kier molecular flexibility index (Phi) is 7.25. The summed E-state index contributed by atoms with van der Waals surface area (Å²) in [5.74, 6) is -0.751. The summed E-state index contributed by atoms with van der Waals surface area (Å²) in [6.07, 6.45) is 3.50. The van der Waals surface area contributed by atoms with Gasteiger partial charge >= 0.3 is 5.97 Å². The van der Waals surface area contributed by atoms with Gasteiger partial charge in [-0.3, -0.25) is 4.79 Å². The monoisotopic (exact) mass is 227 g/mol. The van der Waals surface area contributed by atoms with Crippen molar-refractivity contribution in [1.82, 2.24) is 0 Å². The van der Waals surface area contributed by atoms with Crippen molar-refractivity contribution in [3.8, 4) is 0 Å². The van der Waals surface area contributed by atoms with Gasteiger partial charge in [0, 0.05) is 11.6 Å². The van der Waals surface area contributed by atoms with Gasteiger partial charge in [-0.15, -0.1) is 0 Å². The summed E-state index contributed by atoms with van der Waals surface area (Å²) in [5.41, 5.74) is 5.41. The highest BCUT2D eigenvalue weighted by Crippen LogP contribution is 2.10. The number of rotatable bonds is 7. The normalized spacial score (nSPS) is 11.6. The fourth-order valence-electron chi connectivity index (χ4n) is 1.11. The minimum absolute atomic E-state index is 0.282. The van der Waals surface area contributed by atoms with Gasteiger partial charge in [-0.05, 0) is 18.8 Å². The van der Waals surface area contributed by atoms with Crippen molar-refractivity contribution < 1.29 is 14.3 Å². The molecule has 0 radical (unpaired) electrons. The first kappa shape index (κ1) is 14.7. The van der Waals surface area contributed by atoms with E-state index >= 15 is 0 Å². The molecule has 0 aromatic heterocycles. The highest BCUT2D eigenvalue weighted by molar-refractivity contribution is 5.97. The zero-order valence-corrected chi connectivity index (χ0v) is 10.3. The number of esters is 1. The van der Waals surface area contributed by atoms with Gasteiger partial charge in [0.1, 0.15) is 0 Å². The zero-order valence-electron chi connectivity index (χ0n) is 10.3. The Morgan fingerprint density at radius 2 is 2.00 bits per heavy atom. The Morgan fingerprint density at radius 1 is 1.38 bits per heavy atom. The Morgan fingerprint density at radius 3 is 2.44 bits per heavy atom. The van der Waals surface area contributed by atoms with Crippen LogP contribution in [-0.2, 0) is 14.3 Å². The number of carbonyl (C=O) groups is 2. The first-order valence-electron chi connectivity index (χ1n) is 5.64. The Hall–Kier alpha value is -1.32. The molecule has 2 N–H and O–H groups in total. The maximum absolute atomic E-state index is 11.6. The summed E-state index contributed by atoms with van der Waals surface area (Å²) in [4.78, 5) is 22.3. The molecule has 0 unspecified atom stereocenters. The van der Waals surface area contributed by atoms with Crippen LogP contribution in [0, 0.1) is 5.92 Å². The number of hydrogen-bond acceptors (Lipinski definition) is 3. The highest BCUT2D eigenvalue weighted by Gasteiger charge is 2.12. The average Bonchev–Trinajstić information content (AvgIpc) is 2.20. The van der Waals surface area contributed by atoms with Gasteiger partial charge in [0.05, 0.1) is 6.61 Å². The number of primary amides is 1. The number of nitrogens with two attached hydrogens (primary N) is 1. The number of hydrogen-bond donors (Lipinski definition) is 1. The first-order valence-corrected chi connectivity index (χ1v) is 5.64. The Bertz CT molecular complexity index is 269. The molecule has 92 valence electrons. The van der Waals surface area contributed by atoms with Gasteiger partial charge < -0.3 is 10.5 Å². The summed E-state index contributed by atoms with van der Waals surface area (Å²) in [5, 5.41) is 0. The Labute approximate surface area is 96.8 Å². The predicted molar refractivity (Wildman–Crippen MR) is 62.6 cm³/mol. The van der Waals surface area contributed by atoms with E-state index in [0.717, 1.165) is 12.8 Å². The van der Waals surface area contributed by atoms with Crippen LogP contribution in [-0.4, -0.2) is 18.5 Å². The second kappa shape index (κ2) is 7.91. The maximum atomic E-state index is 11.6. The minimum atomic E-state index is -0.604. The third-order valence-electron chi connectivity index (χ3n) is 1.93. The molecule has 0 aliphatic rings. The largest absolute Gasteiger partial charge is 0.462 e. The lowest BCUT2D eigenvalue weighted by Gasteiger charge is -2.09. The van der Waals surface area contributed by atoms with Crippen LogP contribution in [0.4, 0.5) is 0 Å². The maximum Gasteiger partial charge on any atom is 0.334 e. The van der Waals surface area contributed by atoms with E-state index in [1.165, 1.54) is 6.08 Å². The fourth-order valence-corrected chi connectivity index (χ4v) is 1.11. The van der Waals surface area contributed by atoms with Gasteiger partial charge in [-0.1, -0.05) is 27.2 Å². The highest BCUT2D eigenvalue weighted by atomic mass is 16.5. The average molecular weight is 227 g/mol. The van der Waals surface area contributed by atoms with E-state index in [-0.39, 0.29) is 5.92 Å². The van der Waals surface area contributed by atoms with E-state index in [0.29, 0.717) is 18.6 Å². The zero-order chi connectivity index (χ0) is 12.6. The fraction of sp³-hybridized carbons (Fsp3) is 0.667. The standard InChI is InChI=1S/C12H21NO3/c1-4-5-6-10(7-11(13)14)12(15)16-8-9(2)3/h7,9H,4-6,8H2,1-3H3,(H2,13,14)/b10-7-. The topological polar surface area (TPSA) is 69.4 Å². The van der Waals surface area contributed by atoms with Crippen LogP contribution in [0.15, 0.2) is 11.6 Å². The van der Waals surface area contributed by atoms with Crippen LogP contribution in [0.1, 0.15) is 40.0 Å². The molecule has 0 aliphatic carbocycles. The molecule has 0 aromatic carbocycles. The molecule has 16 heavy (non-hydrogen) atoms. The van der Waals surface area contributed by atoms with Crippen LogP contribution in [0.5, 0.6) is 0 Å². The van der Waals surface area contributed by atoms with E-state index in [9.17, 15) is 9.59 Å². The van der Waals surface area contributed by atoms with Crippen LogP contribution < -0.4 is 5.73 Å². The quantitative estimate of drug-likeness (QED) is 0.532. The number of carbonyl (C=O) groups excluding carboxylic acids is 2. The van der Waals surface area contributed by atoms with Crippen molar-refractivity contribution in [2.45, 2.75) is 40.0 Å². The van der Waals surface area contributed by atoms with Gasteiger partial charge in [-0.2, -0.15) is 0 Å². The third-order valence-corrected chi connectivity index (χ3v) is 1.93. The Balaban J connectivity index is 4.38. The predicted octanol–water partition coefficient (Wildman–Crippen LogP) is 1.79. The molecule has 0 atom stereocenters. The van der Waals surface area contributed by atoms with Gasteiger partial charge in [0.25, 0.3) is 0 Å². The summed E-state index contributed by atoms with van der Waals surface area (Å²) in [7, 11) is 0. The second-order valence-corrected chi connectivity index (χ2v) is 4.17.